The van der Waals surface area contributed by atoms with Gasteiger partial charge in [-0.3, -0.25) is 4.68 Å². The highest BCUT2D eigenvalue weighted by atomic mass is 19.1. The van der Waals surface area contributed by atoms with Crippen molar-refractivity contribution in [1.29, 1.82) is 0 Å². The maximum absolute atomic E-state index is 13.6. The van der Waals surface area contributed by atoms with Gasteiger partial charge in [-0.05, 0) is 18.2 Å². The first-order chi connectivity index (χ1) is 11.3. The molecule has 126 valence electrons. The maximum Gasteiger partial charge on any atom is 0.232 e. The molecule has 0 aliphatic rings. The van der Waals surface area contributed by atoms with Gasteiger partial charge in [-0.2, -0.15) is 10.1 Å². The molecular weight excluding hydrogens is 311 g/mol. The van der Waals surface area contributed by atoms with Gasteiger partial charge in [0, 0.05) is 30.3 Å². The van der Waals surface area contributed by atoms with E-state index in [4.69, 9.17) is 9.26 Å². The molecule has 0 radical (unpaired) electrons. The van der Waals surface area contributed by atoms with Crippen molar-refractivity contribution >= 4 is 0 Å². The zero-order valence-electron chi connectivity index (χ0n) is 14.1. The van der Waals surface area contributed by atoms with Gasteiger partial charge in [0.2, 0.25) is 11.7 Å². The van der Waals surface area contributed by atoms with E-state index < -0.39 is 0 Å². The summed E-state index contributed by atoms with van der Waals surface area (Å²) in [4.78, 5) is 4.31. The summed E-state index contributed by atoms with van der Waals surface area (Å²) in [5, 5.41) is 8.04. The minimum absolute atomic E-state index is 0.0912. The van der Waals surface area contributed by atoms with Crippen LogP contribution in [0.2, 0.25) is 0 Å². The number of hydrogen-bond acceptors (Lipinski definition) is 5. The van der Waals surface area contributed by atoms with Gasteiger partial charge in [-0.1, -0.05) is 25.9 Å². The van der Waals surface area contributed by atoms with Crippen LogP contribution in [-0.2, 0) is 19.1 Å². The van der Waals surface area contributed by atoms with E-state index in [0.29, 0.717) is 17.5 Å². The zero-order chi connectivity index (χ0) is 17.3. The minimum atomic E-state index is -0.376. The van der Waals surface area contributed by atoms with Crippen LogP contribution in [0.1, 0.15) is 32.5 Å². The number of benzene rings is 1. The summed E-state index contributed by atoms with van der Waals surface area (Å²) in [6.45, 7) is 6.04. The monoisotopic (exact) mass is 330 g/mol. The van der Waals surface area contributed by atoms with E-state index in [-0.39, 0.29) is 17.8 Å². The highest BCUT2D eigenvalue weighted by Gasteiger charge is 2.22. The van der Waals surface area contributed by atoms with Crippen molar-refractivity contribution in [3.8, 4) is 17.0 Å². The Morgan fingerprint density at radius 3 is 2.67 bits per heavy atom. The number of ether oxygens (including phenoxy) is 1. The fraction of sp³-hybridized carbons (Fsp3) is 0.353. The number of rotatable bonds is 4. The molecule has 0 spiro atoms. The standard InChI is InChI=1S/C17H19FN4O2/c1-17(2,3)16-20-15(21-24-16)10-23-14-9-11(18)5-6-12(14)13-7-8-19-22(13)4/h5-9H,10H2,1-4H3. The SMILES string of the molecule is Cn1nccc1-c1ccc(F)cc1OCc1noc(C(C)(C)C)n1. The lowest BCUT2D eigenvalue weighted by Gasteiger charge is -2.11. The molecule has 6 nitrogen and oxygen atoms in total. The van der Waals surface area contributed by atoms with Crippen molar-refractivity contribution in [2.75, 3.05) is 0 Å². The smallest absolute Gasteiger partial charge is 0.232 e. The van der Waals surface area contributed by atoms with Crippen LogP contribution in [0.25, 0.3) is 11.3 Å². The van der Waals surface area contributed by atoms with Gasteiger partial charge in [-0.25, -0.2) is 4.39 Å². The van der Waals surface area contributed by atoms with E-state index in [1.54, 1.807) is 16.9 Å². The van der Waals surface area contributed by atoms with Crippen LogP contribution < -0.4 is 4.74 Å². The van der Waals surface area contributed by atoms with E-state index >= 15 is 0 Å². The third kappa shape index (κ3) is 3.29. The summed E-state index contributed by atoms with van der Waals surface area (Å²) in [5.74, 6) is 0.979. The fourth-order valence-corrected chi connectivity index (χ4v) is 2.22. The topological polar surface area (TPSA) is 66.0 Å². The summed E-state index contributed by atoms with van der Waals surface area (Å²) in [6.07, 6.45) is 1.68. The molecule has 7 heteroatoms. The second kappa shape index (κ2) is 6.07. The average Bonchev–Trinajstić information content (AvgIpc) is 3.14. The number of aryl methyl sites for hydroxylation is 1. The van der Waals surface area contributed by atoms with Crippen molar-refractivity contribution in [2.24, 2.45) is 7.05 Å². The first kappa shape index (κ1) is 16.2. The Kier molecular flexibility index (Phi) is 4.09. The van der Waals surface area contributed by atoms with Gasteiger partial charge in [0.1, 0.15) is 11.6 Å². The van der Waals surface area contributed by atoms with Gasteiger partial charge in [0.25, 0.3) is 0 Å². The average molecular weight is 330 g/mol. The Morgan fingerprint density at radius 2 is 2.04 bits per heavy atom. The molecular formula is C17H19FN4O2. The van der Waals surface area contributed by atoms with Crippen LogP contribution in [0, 0.1) is 5.82 Å². The molecule has 0 aliphatic carbocycles. The Morgan fingerprint density at radius 1 is 1.25 bits per heavy atom. The third-order valence-electron chi connectivity index (χ3n) is 3.51. The summed E-state index contributed by atoms with van der Waals surface area (Å²) in [6, 6.07) is 6.24. The van der Waals surface area contributed by atoms with Gasteiger partial charge in [0.15, 0.2) is 6.61 Å². The molecule has 3 rings (SSSR count). The van der Waals surface area contributed by atoms with Gasteiger partial charge in [-0.15, -0.1) is 0 Å². The normalized spacial score (nSPS) is 11.7. The van der Waals surface area contributed by atoms with E-state index in [0.717, 1.165) is 11.3 Å². The second-order valence-corrected chi connectivity index (χ2v) is 6.53. The van der Waals surface area contributed by atoms with Crippen molar-refractivity contribution in [3.05, 3.63) is 48.0 Å². The van der Waals surface area contributed by atoms with Crippen LogP contribution in [0.3, 0.4) is 0 Å². The summed E-state index contributed by atoms with van der Waals surface area (Å²) in [5.41, 5.74) is 1.34. The lowest BCUT2D eigenvalue weighted by molar-refractivity contribution is 0.280. The van der Waals surface area contributed by atoms with E-state index in [1.807, 2.05) is 33.9 Å². The summed E-state index contributed by atoms with van der Waals surface area (Å²) in [7, 11) is 1.82. The quantitative estimate of drug-likeness (QED) is 0.732. The Labute approximate surface area is 139 Å². The maximum atomic E-state index is 13.6. The molecule has 2 heterocycles. The van der Waals surface area contributed by atoms with E-state index in [2.05, 4.69) is 15.2 Å². The van der Waals surface area contributed by atoms with Crippen LogP contribution in [0.5, 0.6) is 5.75 Å². The molecule has 0 aliphatic heterocycles. The van der Waals surface area contributed by atoms with Gasteiger partial charge in [0.05, 0.1) is 5.69 Å². The Hall–Kier alpha value is -2.70. The molecule has 3 aromatic rings. The highest BCUT2D eigenvalue weighted by molar-refractivity contribution is 5.67. The van der Waals surface area contributed by atoms with Crippen LogP contribution in [-0.4, -0.2) is 19.9 Å². The van der Waals surface area contributed by atoms with Crippen molar-refractivity contribution < 1.29 is 13.7 Å². The molecule has 1 aromatic carbocycles. The first-order valence-electron chi connectivity index (χ1n) is 7.58. The molecule has 0 saturated carbocycles. The fourth-order valence-electron chi connectivity index (χ4n) is 2.22. The molecule has 24 heavy (non-hydrogen) atoms. The summed E-state index contributed by atoms with van der Waals surface area (Å²) >= 11 is 0. The number of halogens is 1. The lowest BCUT2D eigenvalue weighted by Crippen LogP contribution is -2.11. The third-order valence-corrected chi connectivity index (χ3v) is 3.51. The largest absolute Gasteiger partial charge is 0.485 e. The predicted molar refractivity (Wildman–Crippen MR) is 85.9 cm³/mol. The Bertz CT molecular complexity index is 848. The first-order valence-corrected chi connectivity index (χ1v) is 7.58. The summed E-state index contributed by atoms with van der Waals surface area (Å²) < 4.78 is 26.3. The second-order valence-electron chi connectivity index (χ2n) is 6.53. The molecule has 0 amide bonds. The van der Waals surface area contributed by atoms with Gasteiger partial charge < -0.3 is 9.26 Å². The van der Waals surface area contributed by atoms with Crippen molar-refractivity contribution in [2.45, 2.75) is 32.8 Å². The minimum Gasteiger partial charge on any atom is -0.485 e. The Balaban J connectivity index is 1.84. The number of hydrogen-bond donors (Lipinski definition) is 0. The molecule has 0 saturated heterocycles. The highest BCUT2D eigenvalue weighted by Crippen LogP contribution is 2.31. The van der Waals surface area contributed by atoms with E-state index in [9.17, 15) is 4.39 Å². The molecule has 0 fully saturated rings. The van der Waals surface area contributed by atoms with E-state index in [1.165, 1.54) is 12.1 Å². The van der Waals surface area contributed by atoms with Crippen molar-refractivity contribution in [3.63, 3.8) is 0 Å². The van der Waals surface area contributed by atoms with Gasteiger partial charge >= 0.3 is 0 Å². The van der Waals surface area contributed by atoms with Crippen LogP contribution >= 0.6 is 0 Å². The molecule has 0 bridgehead atoms. The number of aromatic nitrogens is 4. The zero-order valence-corrected chi connectivity index (χ0v) is 14.1. The molecule has 0 unspecified atom stereocenters. The van der Waals surface area contributed by atoms with Crippen LogP contribution in [0.15, 0.2) is 35.0 Å². The predicted octanol–water partition coefficient (Wildman–Crippen LogP) is 3.49. The molecule has 2 aromatic heterocycles. The number of nitrogens with zero attached hydrogens (tertiary/aromatic N) is 4. The molecule has 0 atom stereocenters. The molecule has 0 N–H and O–H groups in total. The lowest BCUT2D eigenvalue weighted by atomic mass is 9.97. The van der Waals surface area contributed by atoms with Crippen molar-refractivity contribution in [1.82, 2.24) is 19.9 Å². The van der Waals surface area contributed by atoms with Crippen LogP contribution in [0.4, 0.5) is 4.39 Å².